The highest BCUT2D eigenvalue weighted by Gasteiger charge is 2.19. The van der Waals surface area contributed by atoms with Crippen LogP contribution in [-0.4, -0.2) is 19.5 Å². The summed E-state index contributed by atoms with van der Waals surface area (Å²) in [6.45, 7) is 1.72. The van der Waals surface area contributed by atoms with E-state index in [0.29, 0.717) is 5.56 Å². The molecule has 1 rings (SSSR count). The third-order valence-corrected chi connectivity index (χ3v) is 2.42. The molecule has 0 saturated heterocycles. The van der Waals surface area contributed by atoms with Crippen LogP contribution < -0.4 is 5.32 Å². The topological polar surface area (TPSA) is 12.0 Å². The van der Waals surface area contributed by atoms with Crippen LogP contribution in [0, 0.1) is 12.7 Å². The van der Waals surface area contributed by atoms with E-state index in [1.165, 1.54) is 19.2 Å². The molecule has 0 aliphatic heterocycles. The predicted molar refractivity (Wildman–Crippen MR) is 53.7 cm³/mol. The van der Waals surface area contributed by atoms with E-state index in [4.69, 9.17) is 0 Å². The number of hydrogen-bond donors (Lipinski definition) is 1. The molecular formula is C11H14F3N. The molecule has 1 aromatic carbocycles. The van der Waals surface area contributed by atoms with Crippen molar-refractivity contribution in [3.63, 3.8) is 0 Å². The lowest BCUT2D eigenvalue weighted by atomic mass is 10.0. The lowest BCUT2D eigenvalue weighted by molar-refractivity contribution is 0.102. The van der Waals surface area contributed by atoms with E-state index in [0.717, 1.165) is 5.56 Å². The molecule has 1 aromatic rings. The number of likely N-dealkylation sites (N-methyl/N-ethyl adjacent to an activating group) is 1. The summed E-state index contributed by atoms with van der Waals surface area (Å²) in [5, 5.41) is 2.55. The Morgan fingerprint density at radius 1 is 1.33 bits per heavy atom. The number of aryl methyl sites for hydroxylation is 1. The van der Waals surface area contributed by atoms with Crippen LogP contribution in [0.15, 0.2) is 18.2 Å². The van der Waals surface area contributed by atoms with Gasteiger partial charge >= 0.3 is 0 Å². The van der Waals surface area contributed by atoms with Crippen molar-refractivity contribution >= 4 is 0 Å². The predicted octanol–water partition coefficient (Wildman–Crippen LogP) is 2.53. The minimum absolute atomic E-state index is 0.209. The van der Waals surface area contributed by atoms with Gasteiger partial charge in [0.2, 0.25) is 0 Å². The number of benzene rings is 1. The highest BCUT2D eigenvalue weighted by Crippen LogP contribution is 2.14. The molecule has 0 spiro atoms. The first-order chi connectivity index (χ1) is 7.04. The summed E-state index contributed by atoms with van der Waals surface area (Å²) in [6.07, 6.45) is -2.21. The summed E-state index contributed by atoms with van der Waals surface area (Å²) in [7, 11) is 1.50. The van der Waals surface area contributed by atoms with Crippen molar-refractivity contribution in [1.29, 1.82) is 0 Å². The largest absolute Gasteiger partial charge is 0.312 e. The quantitative estimate of drug-likeness (QED) is 0.817. The number of nitrogens with one attached hydrogen (secondary N) is 1. The molecule has 15 heavy (non-hydrogen) atoms. The first-order valence-electron chi connectivity index (χ1n) is 4.75. The summed E-state index contributed by atoms with van der Waals surface area (Å²) in [4.78, 5) is 0. The second-order valence-electron chi connectivity index (χ2n) is 3.50. The molecule has 1 unspecified atom stereocenters. The molecular weight excluding hydrogens is 203 g/mol. The molecule has 0 fully saturated rings. The van der Waals surface area contributed by atoms with Crippen LogP contribution in [0.5, 0.6) is 0 Å². The number of alkyl halides is 2. The van der Waals surface area contributed by atoms with Crippen LogP contribution in [-0.2, 0) is 6.42 Å². The minimum atomic E-state index is -2.42. The lowest BCUT2D eigenvalue weighted by Gasteiger charge is -2.16. The van der Waals surface area contributed by atoms with Crippen molar-refractivity contribution in [2.45, 2.75) is 25.8 Å². The molecule has 0 aliphatic carbocycles. The molecule has 1 atom stereocenters. The summed E-state index contributed by atoms with van der Waals surface area (Å²) in [5.41, 5.74) is 1.45. The number of rotatable bonds is 4. The standard InChI is InChI=1S/C11H14F3N/c1-7-5-9(12)4-3-8(7)6-10(15-2)11(13)14/h3-5,10-11,15H,6H2,1-2H3. The van der Waals surface area contributed by atoms with Crippen molar-refractivity contribution in [2.24, 2.45) is 0 Å². The van der Waals surface area contributed by atoms with Crippen LogP contribution in [0.4, 0.5) is 13.2 Å². The SMILES string of the molecule is CNC(Cc1ccc(F)cc1C)C(F)F. The Morgan fingerprint density at radius 2 is 2.00 bits per heavy atom. The van der Waals surface area contributed by atoms with Crippen LogP contribution in [0.3, 0.4) is 0 Å². The highest BCUT2D eigenvalue weighted by atomic mass is 19.3. The Labute approximate surface area is 87.3 Å². The molecule has 4 heteroatoms. The molecule has 0 bridgehead atoms. The smallest absolute Gasteiger partial charge is 0.254 e. The van der Waals surface area contributed by atoms with Crippen LogP contribution in [0.1, 0.15) is 11.1 Å². The normalized spacial score (nSPS) is 13.2. The second kappa shape index (κ2) is 5.16. The maximum atomic E-state index is 12.8. The molecule has 0 heterocycles. The van der Waals surface area contributed by atoms with E-state index >= 15 is 0 Å². The van der Waals surface area contributed by atoms with Gasteiger partial charge in [-0.15, -0.1) is 0 Å². The maximum absolute atomic E-state index is 12.8. The summed E-state index contributed by atoms with van der Waals surface area (Å²) in [6, 6.07) is 3.32. The zero-order chi connectivity index (χ0) is 11.4. The average molecular weight is 217 g/mol. The van der Waals surface area contributed by atoms with Gasteiger partial charge in [-0.1, -0.05) is 6.07 Å². The van der Waals surface area contributed by atoms with E-state index in [9.17, 15) is 13.2 Å². The van der Waals surface area contributed by atoms with Gasteiger partial charge in [0.05, 0.1) is 6.04 Å². The van der Waals surface area contributed by atoms with Gasteiger partial charge in [0, 0.05) is 0 Å². The first kappa shape index (κ1) is 12.0. The van der Waals surface area contributed by atoms with Crippen molar-refractivity contribution in [1.82, 2.24) is 5.32 Å². The number of hydrogen-bond acceptors (Lipinski definition) is 1. The molecule has 0 aliphatic rings. The summed E-state index contributed by atoms with van der Waals surface area (Å²) in [5.74, 6) is -0.339. The number of halogens is 3. The Morgan fingerprint density at radius 3 is 2.47 bits per heavy atom. The van der Waals surface area contributed by atoms with Gasteiger partial charge in [-0.3, -0.25) is 0 Å². The second-order valence-corrected chi connectivity index (χ2v) is 3.50. The summed E-state index contributed by atoms with van der Waals surface area (Å²) < 4.78 is 37.7. The monoisotopic (exact) mass is 217 g/mol. The van der Waals surface area contributed by atoms with E-state index in [-0.39, 0.29) is 12.2 Å². The van der Waals surface area contributed by atoms with E-state index in [1.807, 2.05) is 0 Å². The van der Waals surface area contributed by atoms with Crippen molar-refractivity contribution < 1.29 is 13.2 Å². The highest BCUT2D eigenvalue weighted by molar-refractivity contribution is 5.27. The average Bonchev–Trinajstić information content (AvgIpc) is 2.16. The van der Waals surface area contributed by atoms with Gasteiger partial charge in [0.15, 0.2) is 0 Å². The fourth-order valence-corrected chi connectivity index (χ4v) is 1.44. The Balaban J connectivity index is 2.79. The molecule has 1 N–H and O–H groups in total. The van der Waals surface area contributed by atoms with Gasteiger partial charge < -0.3 is 5.32 Å². The molecule has 0 saturated carbocycles. The van der Waals surface area contributed by atoms with Gasteiger partial charge in [-0.05, 0) is 43.7 Å². The van der Waals surface area contributed by atoms with Crippen LogP contribution >= 0.6 is 0 Å². The van der Waals surface area contributed by atoms with Crippen LogP contribution in [0.25, 0.3) is 0 Å². The minimum Gasteiger partial charge on any atom is -0.312 e. The van der Waals surface area contributed by atoms with Gasteiger partial charge in [0.25, 0.3) is 6.43 Å². The Bertz CT molecular complexity index is 326. The fraction of sp³-hybridized carbons (Fsp3) is 0.455. The van der Waals surface area contributed by atoms with Crippen molar-refractivity contribution in [2.75, 3.05) is 7.05 Å². The molecule has 0 amide bonds. The Kier molecular flexibility index (Phi) is 4.15. The van der Waals surface area contributed by atoms with Crippen molar-refractivity contribution in [3.8, 4) is 0 Å². The fourth-order valence-electron chi connectivity index (χ4n) is 1.44. The summed E-state index contributed by atoms with van der Waals surface area (Å²) >= 11 is 0. The zero-order valence-electron chi connectivity index (χ0n) is 8.73. The zero-order valence-corrected chi connectivity index (χ0v) is 8.73. The van der Waals surface area contributed by atoms with E-state index in [1.54, 1.807) is 13.0 Å². The van der Waals surface area contributed by atoms with Crippen molar-refractivity contribution in [3.05, 3.63) is 35.1 Å². The first-order valence-corrected chi connectivity index (χ1v) is 4.75. The Hall–Kier alpha value is -1.03. The van der Waals surface area contributed by atoms with E-state index < -0.39 is 12.5 Å². The molecule has 1 nitrogen and oxygen atoms in total. The molecule has 0 radical (unpaired) electrons. The molecule has 84 valence electrons. The third kappa shape index (κ3) is 3.23. The lowest BCUT2D eigenvalue weighted by Crippen LogP contribution is -2.34. The third-order valence-electron chi connectivity index (χ3n) is 2.42. The van der Waals surface area contributed by atoms with E-state index in [2.05, 4.69) is 5.32 Å². The van der Waals surface area contributed by atoms with Gasteiger partial charge in [-0.25, -0.2) is 13.2 Å². The van der Waals surface area contributed by atoms with Crippen LogP contribution in [0.2, 0.25) is 0 Å². The maximum Gasteiger partial charge on any atom is 0.254 e. The van der Waals surface area contributed by atoms with Gasteiger partial charge in [-0.2, -0.15) is 0 Å². The van der Waals surface area contributed by atoms with Gasteiger partial charge in [0.1, 0.15) is 5.82 Å². The molecule has 0 aromatic heterocycles.